The van der Waals surface area contributed by atoms with E-state index in [1.165, 1.54) is 25.7 Å². The second kappa shape index (κ2) is 30.3. The molecule has 0 saturated carbocycles. The van der Waals surface area contributed by atoms with Crippen LogP contribution >= 0.6 is 7.82 Å². The molecular weight excluding hydrogens is 607 g/mol. The number of aliphatic hydroxyl groups is 1. The van der Waals surface area contributed by atoms with Crippen molar-refractivity contribution in [3.05, 3.63) is 48.6 Å². The van der Waals surface area contributed by atoms with Gasteiger partial charge in [-0.05, 0) is 70.6 Å². The van der Waals surface area contributed by atoms with Crippen LogP contribution in [-0.4, -0.2) is 52.3 Å². The molecule has 0 aliphatic carbocycles. The number of allylic oxidation sites excluding steroid dienone is 8. The highest BCUT2D eigenvalue weighted by Crippen LogP contribution is 2.35. The van der Waals surface area contributed by atoms with Crippen LogP contribution in [0.25, 0.3) is 0 Å². The molecule has 3 atom stereocenters. The van der Waals surface area contributed by atoms with Gasteiger partial charge in [-0.1, -0.05) is 107 Å². The number of carbonyl (C=O) groups excluding carboxylic acids is 2. The highest BCUT2D eigenvalue weighted by atomic mass is 31.2. The van der Waals surface area contributed by atoms with Crippen LogP contribution in [0.4, 0.5) is 0 Å². The van der Waals surface area contributed by atoms with Gasteiger partial charge in [0.1, 0.15) is 6.61 Å². The molecule has 1 unspecified atom stereocenters. The monoisotopic (exact) mass is 670 g/mol. The minimum atomic E-state index is -4.77. The lowest BCUT2D eigenvalue weighted by atomic mass is 10.00. The molecule has 0 aromatic heterocycles. The third kappa shape index (κ3) is 33.3. The molecule has 0 aromatic carbocycles. The van der Waals surface area contributed by atoms with E-state index in [9.17, 15) is 19.3 Å². The minimum absolute atomic E-state index is 0.123. The Bertz CT molecular complexity index is 920. The zero-order chi connectivity index (χ0) is 34.3. The molecule has 266 valence electrons. The van der Waals surface area contributed by atoms with Crippen LogP contribution in [-0.2, 0) is 28.2 Å². The van der Waals surface area contributed by atoms with Crippen LogP contribution < -0.4 is 0 Å². The van der Waals surface area contributed by atoms with E-state index in [1.807, 2.05) is 19.1 Å². The number of phosphoric ester groups is 1. The topological polar surface area (TPSA) is 140 Å². The Hall–Kier alpha value is -2.03. The number of unbranched alkanes of at least 4 members (excludes halogenated alkanes) is 7. The third-order valence-corrected chi connectivity index (χ3v) is 7.89. The van der Waals surface area contributed by atoms with E-state index < -0.39 is 32.5 Å². The van der Waals surface area contributed by atoms with Crippen molar-refractivity contribution in [1.82, 2.24) is 0 Å². The lowest BCUT2D eigenvalue weighted by Gasteiger charge is -2.18. The zero-order valence-corrected chi connectivity index (χ0v) is 29.6. The standard InChI is InChI=1S/C36H63O9P/c1-4-32(2)26-22-18-16-17-20-24-28-35(38)43-30-34(31-44-46(40,41)42)45-36(39)29-25-21-15-13-11-9-7-5-6-8-10-12-14-19-23-27-33(3)37/h6-9,12-15,32-34,37H,4-5,10-11,16-31H2,1-3H3,(H2,40,41,42)/b8-6-,9-7-,14-12-,15-13-/t32?,33-,34+/m0/s1. The van der Waals surface area contributed by atoms with Crippen molar-refractivity contribution in [1.29, 1.82) is 0 Å². The Kier molecular flexibility index (Phi) is 29.0. The Morgan fingerprint density at radius 3 is 1.76 bits per heavy atom. The molecule has 3 N–H and O–H groups in total. The van der Waals surface area contributed by atoms with Crippen molar-refractivity contribution in [3.8, 4) is 0 Å². The SMILES string of the molecule is CCC(C)CCCCCCCCC(=O)OC[C@H](COP(=O)(O)O)OC(=O)CCC/C=C\C/C=C\C/C=C\C/C=C\CCC[C@H](C)O. The van der Waals surface area contributed by atoms with E-state index in [1.54, 1.807) is 0 Å². The van der Waals surface area contributed by atoms with Gasteiger partial charge in [0.25, 0.3) is 0 Å². The summed E-state index contributed by atoms with van der Waals surface area (Å²) >= 11 is 0. The molecule has 46 heavy (non-hydrogen) atoms. The summed E-state index contributed by atoms with van der Waals surface area (Å²) < 4.78 is 26.1. The number of hydrogen-bond donors (Lipinski definition) is 3. The molecule has 0 heterocycles. The van der Waals surface area contributed by atoms with E-state index in [-0.39, 0.29) is 25.6 Å². The van der Waals surface area contributed by atoms with Gasteiger partial charge in [0.05, 0.1) is 12.7 Å². The highest BCUT2D eigenvalue weighted by Gasteiger charge is 2.22. The summed E-state index contributed by atoms with van der Waals surface area (Å²) in [6, 6.07) is 0. The van der Waals surface area contributed by atoms with Gasteiger partial charge in [0.2, 0.25) is 0 Å². The second-order valence-corrected chi connectivity index (χ2v) is 13.3. The van der Waals surface area contributed by atoms with Crippen LogP contribution in [0.3, 0.4) is 0 Å². The Morgan fingerprint density at radius 1 is 0.674 bits per heavy atom. The summed E-state index contributed by atoms with van der Waals surface area (Å²) in [4.78, 5) is 42.5. The quantitative estimate of drug-likeness (QED) is 0.0296. The van der Waals surface area contributed by atoms with Crippen molar-refractivity contribution in [2.24, 2.45) is 5.92 Å². The van der Waals surface area contributed by atoms with Gasteiger partial charge in [-0.3, -0.25) is 14.1 Å². The van der Waals surface area contributed by atoms with Gasteiger partial charge in [-0.2, -0.15) is 0 Å². The first-order valence-corrected chi connectivity index (χ1v) is 18.9. The van der Waals surface area contributed by atoms with Gasteiger partial charge in [0.15, 0.2) is 6.10 Å². The molecule has 10 heteroatoms. The van der Waals surface area contributed by atoms with E-state index in [0.29, 0.717) is 19.3 Å². The lowest BCUT2D eigenvalue weighted by Crippen LogP contribution is -2.29. The van der Waals surface area contributed by atoms with Gasteiger partial charge >= 0.3 is 19.8 Å². The van der Waals surface area contributed by atoms with Crippen molar-refractivity contribution >= 4 is 19.8 Å². The van der Waals surface area contributed by atoms with Crippen LogP contribution in [0, 0.1) is 5.92 Å². The van der Waals surface area contributed by atoms with E-state index in [0.717, 1.165) is 63.7 Å². The van der Waals surface area contributed by atoms with Gasteiger partial charge in [0, 0.05) is 12.8 Å². The number of carbonyl (C=O) groups is 2. The highest BCUT2D eigenvalue weighted by molar-refractivity contribution is 7.46. The van der Waals surface area contributed by atoms with E-state index >= 15 is 0 Å². The maximum atomic E-state index is 12.3. The van der Waals surface area contributed by atoms with E-state index in [2.05, 4.69) is 54.8 Å². The second-order valence-electron chi connectivity index (χ2n) is 12.0. The number of phosphoric acid groups is 1. The van der Waals surface area contributed by atoms with Crippen LogP contribution in [0.15, 0.2) is 48.6 Å². The van der Waals surface area contributed by atoms with Crippen molar-refractivity contribution in [3.63, 3.8) is 0 Å². The molecule has 0 amide bonds. The molecule has 0 saturated heterocycles. The largest absolute Gasteiger partial charge is 0.469 e. The smallest absolute Gasteiger partial charge is 0.462 e. The maximum Gasteiger partial charge on any atom is 0.469 e. The summed E-state index contributed by atoms with van der Waals surface area (Å²) in [5.74, 6) is -0.197. The fraction of sp³-hybridized carbons (Fsp3) is 0.722. The Morgan fingerprint density at radius 2 is 1.20 bits per heavy atom. The molecular formula is C36H63O9P. The first-order chi connectivity index (χ1) is 22.0. The molecule has 0 aliphatic heterocycles. The maximum absolute atomic E-state index is 12.3. The summed E-state index contributed by atoms with van der Waals surface area (Å²) in [7, 11) is -4.77. The number of ether oxygens (including phenoxy) is 2. The first-order valence-electron chi connectivity index (χ1n) is 17.4. The van der Waals surface area contributed by atoms with Gasteiger partial charge in [-0.15, -0.1) is 0 Å². The third-order valence-electron chi connectivity index (χ3n) is 7.41. The van der Waals surface area contributed by atoms with Crippen molar-refractivity contribution < 1.29 is 43.0 Å². The van der Waals surface area contributed by atoms with Crippen molar-refractivity contribution in [2.45, 2.75) is 149 Å². The van der Waals surface area contributed by atoms with Gasteiger partial charge < -0.3 is 24.4 Å². The summed E-state index contributed by atoms with van der Waals surface area (Å²) in [5, 5.41) is 9.23. The number of esters is 2. The van der Waals surface area contributed by atoms with Crippen LogP contribution in [0.5, 0.6) is 0 Å². The summed E-state index contributed by atoms with van der Waals surface area (Å²) in [6.07, 6.45) is 31.3. The fourth-order valence-electron chi connectivity index (χ4n) is 4.42. The zero-order valence-electron chi connectivity index (χ0n) is 28.7. The number of rotatable bonds is 30. The fourth-order valence-corrected chi connectivity index (χ4v) is 4.78. The molecule has 0 aromatic rings. The molecule has 0 radical (unpaired) electrons. The molecule has 9 nitrogen and oxygen atoms in total. The number of hydrogen-bond acceptors (Lipinski definition) is 7. The molecule has 0 rings (SSSR count). The molecule has 0 spiro atoms. The van der Waals surface area contributed by atoms with Crippen molar-refractivity contribution in [2.75, 3.05) is 13.2 Å². The number of aliphatic hydroxyl groups excluding tert-OH is 1. The Balaban J connectivity index is 4.14. The van der Waals surface area contributed by atoms with Crippen LogP contribution in [0.2, 0.25) is 0 Å². The predicted octanol–water partition coefficient (Wildman–Crippen LogP) is 8.83. The van der Waals surface area contributed by atoms with Crippen LogP contribution in [0.1, 0.15) is 136 Å². The minimum Gasteiger partial charge on any atom is -0.462 e. The normalized spacial score (nSPS) is 14.5. The van der Waals surface area contributed by atoms with E-state index in [4.69, 9.17) is 19.3 Å². The average Bonchev–Trinajstić information content (AvgIpc) is 3.00. The lowest BCUT2D eigenvalue weighted by molar-refractivity contribution is -0.161. The first kappa shape index (κ1) is 44.0. The molecule has 0 bridgehead atoms. The molecule has 0 aliphatic rings. The average molecular weight is 671 g/mol. The predicted molar refractivity (Wildman–Crippen MR) is 185 cm³/mol. The summed E-state index contributed by atoms with van der Waals surface area (Å²) in [6.45, 7) is 5.43. The molecule has 0 fully saturated rings. The Labute approximate surface area is 278 Å². The summed E-state index contributed by atoms with van der Waals surface area (Å²) in [5.41, 5.74) is 0. The van der Waals surface area contributed by atoms with Gasteiger partial charge in [-0.25, -0.2) is 4.57 Å².